The topological polar surface area (TPSA) is 38.2 Å². The second kappa shape index (κ2) is 8.17. The molecule has 1 aromatic heterocycles. The van der Waals surface area contributed by atoms with E-state index in [9.17, 15) is 0 Å². The molecule has 2 heterocycles. The van der Waals surface area contributed by atoms with Crippen molar-refractivity contribution in [2.45, 2.75) is 64.0 Å². The summed E-state index contributed by atoms with van der Waals surface area (Å²) in [5, 5.41) is 0. The van der Waals surface area contributed by atoms with E-state index >= 15 is 0 Å². The molecule has 0 unspecified atom stereocenters. The van der Waals surface area contributed by atoms with Crippen LogP contribution in [-0.4, -0.2) is 34.1 Å². The first-order valence-electron chi connectivity index (χ1n) is 10.0. The van der Waals surface area contributed by atoms with Crippen LogP contribution in [0.3, 0.4) is 0 Å². The predicted octanol–water partition coefficient (Wildman–Crippen LogP) is 4.49. The van der Waals surface area contributed by atoms with Crippen LogP contribution in [-0.2, 0) is 6.54 Å². The molecule has 1 aromatic carbocycles. The van der Waals surface area contributed by atoms with Gasteiger partial charge < -0.3 is 4.74 Å². The zero-order valence-electron chi connectivity index (χ0n) is 15.7. The highest BCUT2D eigenvalue weighted by Crippen LogP contribution is 2.30. The van der Waals surface area contributed by atoms with E-state index in [2.05, 4.69) is 45.2 Å². The number of piperidine rings is 1. The van der Waals surface area contributed by atoms with Crippen LogP contribution in [0.25, 0.3) is 0 Å². The molecule has 4 heteroatoms. The average molecular weight is 351 g/mol. The van der Waals surface area contributed by atoms with Gasteiger partial charge in [-0.05, 0) is 70.7 Å². The lowest BCUT2D eigenvalue weighted by Gasteiger charge is -2.32. The van der Waals surface area contributed by atoms with Crippen LogP contribution in [0, 0.1) is 6.92 Å². The minimum Gasteiger partial charge on any atom is -0.490 e. The summed E-state index contributed by atoms with van der Waals surface area (Å²) in [6.07, 6.45) is 9.68. The molecule has 2 fully saturated rings. The van der Waals surface area contributed by atoms with Gasteiger partial charge in [0.25, 0.3) is 0 Å². The number of hydrogen-bond acceptors (Lipinski definition) is 4. The molecule has 0 atom stereocenters. The minimum atomic E-state index is 0.419. The number of nitrogens with zero attached hydrogens (tertiary/aromatic N) is 3. The second-order valence-electron chi connectivity index (χ2n) is 7.71. The Bertz CT molecular complexity index is 719. The maximum Gasteiger partial charge on any atom is 0.125 e. The molecule has 2 aromatic rings. The van der Waals surface area contributed by atoms with Gasteiger partial charge in [-0.2, -0.15) is 0 Å². The lowest BCUT2D eigenvalue weighted by atomic mass is 9.93. The molecular formula is C22H29N3O. The maximum atomic E-state index is 6.31. The van der Waals surface area contributed by atoms with E-state index < -0.39 is 0 Å². The van der Waals surface area contributed by atoms with Crippen LogP contribution in [0.15, 0.2) is 36.5 Å². The Labute approximate surface area is 156 Å². The molecule has 1 aliphatic carbocycles. The van der Waals surface area contributed by atoms with Crippen molar-refractivity contribution < 1.29 is 4.74 Å². The molecule has 0 radical (unpaired) electrons. The molecule has 0 N–H and O–H groups in total. The molecule has 138 valence electrons. The number of benzene rings is 1. The number of hydrogen-bond donors (Lipinski definition) is 0. The van der Waals surface area contributed by atoms with E-state index in [0.29, 0.717) is 12.0 Å². The highest BCUT2D eigenvalue weighted by Gasteiger charge is 2.23. The number of rotatable bonds is 5. The summed E-state index contributed by atoms with van der Waals surface area (Å²) in [4.78, 5) is 11.4. The monoisotopic (exact) mass is 351 g/mol. The van der Waals surface area contributed by atoms with E-state index in [0.717, 1.165) is 31.2 Å². The van der Waals surface area contributed by atoms with Crippen molar-refractivity contribution in [3.63, 3.8) is 0 Å². The lowest BCUT2D eigenvalue weighted by molar-refractivity contribution is 0.186. The van der Waals surface area contributed by atoms with Crippen molar-refractivity contribution in [3.8, 4) is 5.75 Å². The summed E-state index contributed by atoms with van der Waals surface area (Å²) >= 11 is 0. The average Bonchev–Trinajstić information content (AvgIpc) is 3.17. The molecule has 0 bridgehead atoms. The largest absolute Gasteiger partial charge is 0.490 e. The Morgan fingerprint density at radius 3 is 2.58 bits per heavy atom. The van der Waals surface area contributed by atoms with Gasteiger partial charge in [0.05, 0.1) is 6.10 Å². The van der Waals surface area contributed by atoms with Gasteiger partial charge in [-0.25, -0.2) is 9.97 Å². The third-order valence-corrected chi connectivity index (χ3v) is 5.77. The Morgan fingerprint density at radius 2 is 1.81 bits per heavy atom. The summed E-state index contributed by atoms with van der Waals surface area (Å²) in [6.45, 7) is 5.19. The molecule has 4 rings (SSSR count). The Kier molecular flexibility index (Phi) is 5.49. The summed E-state index contributed by atoms with van der Waals surface area (Å²) < 4.78 is 6.31. The van der Waals surface area contributed by atoms with Gasteiger partial charge in [-0.15, -0.1) is 0 Å². The molecule has 1 aliphatic heterocycles. The molecule has 2 aliphatic rings. The van der Waals surface area contributed by atoms with Gasteiger partial charge in [0.15, 0.2) is 0 Å². The highest BCUT2D eigenvalue weighted by molar-refractivity contribution is 5.33. The smallest absolute Gasteiger partial charge is 0.125 e. The molecule has 26 heavy (non-hydrogen) atoms. The Hall–Kier alpha value is -1.94. The fourth-order valence-corrected chi connectivity index (χ4v) is 4.26. The number of aromatic nitrogens is 2. The lowest BCUT2D eigenvalue weighted by Crippen LogP contribution is -2.33. The van der Waals surface area contributed by atoms with Crippen LogP contribution >= 0.6 is 0 Å². The van der Waals surface area contributed by atoms with Crippen LogP contribution in [0.5, 0.6) is 5.75 Å². The molecule has 4 nitrogen and oxygen atoms in total. The first-order valence-corrected chi connectivity index (χ1v) is 10.0. The fraction of sp³-hybridized carbons (Fsp3) is 0.545. The summed E-state index contributed by atoms with van der Waals surface area (Å²) in [7, 11) is 0. The quantitative estimate of drug-likeness (QED) is 0.796. The van der Waals surface area contributed by atoms with Gasteiger partial charge in [-0.3, -0.25) is 4.90 Å². The van der Waals surface area contributed by atoms with Crippen molar-refractivity contribution in [1.29, 1.82) is 0 Å². The minimum absolute atomic E-state index is 0.419. The van der Waals surface area contributed by atoms with Crippen molar-refractivity contribution in [1.82, 2.24) is 14.9 Å². The van der Waals surface area contributed by atoms with Crippen molar-refractivity contribution >= 4 is 0 Å². The van der Waals surface area contributed by atoms with Crippen LogP contribution in [0.2, 0.25) is 0 Å². The van der Waals surface area contributed by atoms with Crippen LogP contribution in [0.4, 0.5) is 0 Å². The van der Waals surface area contributed by atoms with Gasteiger partial charge in [0.2, 0.25) is 0 Å². The van der Waals surface area contributed by atoms with Crippen molar-refractivity contribution in [3.05, 3.63) is 53.6 Å². The number of aryl methyl sites for hydroxylation is 1. The van der Waals surface area contributed by atoms with E-state index in [1.807, 2.05) is 13.1 Å². The summed E-state index contributed by atoms with van der Waals surface area (Å²) in [5.74, 6) is 2.54. The van der Waals surface area contributed by atoms with Crippen molar-refractivity contribution in [2.75, 3.05) is 13.1 Å². The SMILES string of the molecule is Cc1nccc(C2CCN(Cc3ccccc3OC3CCCC3)CC2)n1. The van der Waals surface area contributed by atoms with Gasteiger partial charge in [0.1, 0.15) is 11.6 Å². The van der Waals surface area contributed by atoms with Crippen molar-refractivity contribution in [2.24, 2.45) is 0 Å². The van der Waals surface area contributed by atoms with Crippen LogP contribution in [0.1, 0.15) is 61.5 Å². The highest BCUT2D eigenvalue weighted by atomic mass is 16.5. The first-order chi connectivity index (χ1) is 12.8. The van der Waals surface area contributed by atoms with E-state index in [1.165, 1.54) is 49.8 Å². The summed E-state index contributed by atoms with van der Waals surface area (Å²) in [6, 6.07) is 10.7. The fourth-order valence-electron chi connectivity index (χ4n) is 4.26. The number of para-hydroxylation sites is 1. The zero-order valence-corrected chi connectivity index (χ0v) is 15.7. The molecule has 0 amide bonds. The second-order valence-corrected chi connectivity index (χ2v) is 7.71. The van der Waals surface area contributed by atoms with Gasteiger partial charge >= 0.3 is 0 Å². The maximum absolute atomic E-state index is 6.31. The summed E-state index contributed by atoms with van der Waals surface area (Å²) in [5.41, 5.74) is 2.54. The van der Waals surface area contributed by atoms with Gasteiger partial charge in [0, 0.05) is 29.9 Å². The molecule has 1 saturated carbocycles. The molecule has 0 spiro atoms. The van der Waals surface area contributed by atoms with Crippen LogP contribution < -0.4 is 4.74 Å². The first kappa shape index (κ1) is 17.5. The number of likely N-dealkylation sites (tertiary alicyclic amines) is 1. The zero-order chi connectivity index (χ0) is 17.8. The van der Waals surface area contributed by atoms with Gasteiger partial charge in [-0.1, -0.05) is 18.2 Å². The van der Waals surface area contributed by atoms with E-state index in [-0.39, 0.29) is 0 Å². The third kappa shape index (κ3) is 4.24. The third-order valence-electron chi connectivity index (χ3n) is 5.77. The predicted molar refractivity (Wildman–Crippen MR) is 103 cm³/mol. The molecule has 1 saturated heterocycles. The number of ether oxygens (including phenoxy) is 1. The normalized spacial score (nSPS) is 19.7. The Morgan fingerprint density at radius 1 is 1.04 bits per heavy atom. The van der Waals surface area contributed by atoms with E-state index in [4.69, 9.17) is 4.74 Å². The Balaban J connectivity index is 1.35. The van der Waals surface area contributed by atoms with E-state index in [1.54, 1.807) is 0 Å². The molecular weight excluding hydrogens is 322 g/mol. The standard InChI is InChI=1S/C22H29N3O/c1-17-23-13-10-21(24-17)18-11-14-25(15-12-18)16-19-6-2-5-9-22(19)26-20-7-3-4-8-20/h2,5-6,9-10,13,18,20H,3-4,7-8,11-12,14-16H2,1H3.